The predicted molar refractivity (Wildman–Crippen MR) is 98.3 cm³/mol. The molecular formula is C19H27N3O3. The first-order valence-electron chi connectivity index (χ1n) is 8.84. The first-order chi connectivity index (χ1) is 11.9. The fourth-order valence-corrected chi connectivity index (χ4v) is 3.44. The topological polar surface area (TPSA) is 54.4 Å². The summed E-state index contributed by atoms with van der Waals surface area (Å²) in [7, 11) is 1.59. The number of hydrogen-bond acceptors (Lipinski definition) is 5. The summed E-state index contributed by atoms with van der Waals surface area (Å²) >= 11 is 0. The van der Waals surface area contributed by atoms with Crippen LogP contribution in [0.4, 0.5) is 10.5 Å². The van der Waals surface area contributed by atoms with Gasteiger partial charge in [-0.3, -0.25) is 0 Å². The summed E-state index contributed by atoms with van der Waals surface area (Å²) < 4.78 is 5.47. The highest BCUT2D eigenvalue weighted by molar-refractivity contribution is 6.05. The van der Waals surface area contributed by atoms with E-state index < -0.39 is 5.60 Å². The lowest BCUT2D eigenvalue weighted by Crippen LogP contribution is -2.50. The van der Waals surface area contributed by atoms with E-state index in [2.05, 4.69) is 28.3 Å². The van der Waals surface area contributed by atoms with Crippen molar-refractivity contribution in [3.05, 3.63) is 29.3 Å². The molecule has 136 valence electrons. The molecule has 6 nitrogen and oxygen atoms in total. The number of amides is 1. The first kappa shape index (κ1) is 17.6. The minimum atomic E-state index is -0.453. The normalized spacial score (nSPS) is 19.1. The highest BCUT2D eigenvalue weighted by Gasteiger charge is 2.28. The molecule has 0 unspecified atom stereocenters. The average Bonchev–Trinajstić information content (AvgIpc) is 2.97. The Morgan fingerprint density at radius 2 is 1.84 bits per heavy atom. The Morgan fingerprint density at radius 3 is 2.48 bits per heavy atom. The zero-order valence-corrected chi connectivity index (χ0v) is 15.5. The van der Waals surface area contributed by atoms with Crippen LogP contribution >= 0.6 is 0 Å². The second-order valence-electron chi connectivity index (χ2n) is 7.48. The van der Waals surface area contributed by atoms with Crippen molar-refractivity contribution >= 4 is 17.5 Å². The van der Waals surface area contributed by atoms with Gasteiger partial charge in [0.25, 0.3) is 0 Å². The standard InChI is InChI=1S/C19H27N3O3/c1-19(2,3)25-18(23)22-12-10-21(11-13-22)17-7-5-6-14-15(17)8-9-16(14)20-24-4/h5-7H,8-13H2,1-4H3/b20-16+. The van der Waals surface area contributed by atoms with Gasteiger partial charge in [0.15, 0.2) is 0 Å². The number of anilines is 1. The van der Waals surface area contributed by atoms with Gasteiger partial charge in [-0.05, 0) is 45.2 Å². The van der Waals surface area contributed by atoms with E-state index in [1.165, 1.54) is 16.8 Å². The number of benzene rings is 1. The van der Waals surface area contributed by atoms with E-state index in [4.69, 9.17) is 9.57 Å². The van der Waals surface area contributed by atoms with Crippen LogP contribution < -0.4 is 4.90 Å². The third-order valence-electron chi connectivity index (χ3n) is 4.55. The molecule has 0 bridgehead atoms. The van der Waals surface area contributed by atoms with Crippen LogP contribution in [0, 0.1) is 0 Å². The largest absolute Gasteiger partial charge is 0.444 e. The van der Waals surface area contributed by atoms with Crippen molar-refractivity contribution in [2.45, 2.75) is 39.2 Å². The van der Waals surface area contributed by atoms with Crippen molar-refractivity contribution in [1.29, 1.82) is 0 Å². The van der Waals surface area contributed by atoms with Gasteiger partial charge in [-0.25, -0.2) is 4.79 Å². The molecule has 1 aliphatic heterocycles. The second-order valence-corrected chi connectivity index (χ2v) is 7.48. The number of oxime groups is 1. The van der Waals surface area contributed by atoms with Gasteiger partial charge in [-0.15, -0.1) is 0 Å². The van der Waals surface area contributed by atoms with Gasteiger partial charge in [-0.1, -0.05) is 17.3 Å². The number of nitrogens with zero attached hydrogens (tertiary/aromatic N) is 3. The Hall–Kier alpha value is -2.24. The molecule has 3 rings (SSSR count). The summed E-state index contributed by atoms with van der Waals surface area (Å²) in [5.74, 6) is 0. The lowest BCUT2D eigenvalue weighted by atomic mass is 10.1. The highest BCUT2D eigenvalue weighted by atomic mass is 16.6. The number of rotatable bonds is 2. The van der Waals surface area contributed by atoms with Gasteiger partial charge in [0.1, 0.15) is 12.7 Å². The summed E-state index contributed by atoms with van der Waals surface area (Å²) in [5.41, 5.74) is 4.35. The lowest BCUT2D eigenvalue weighted by Gasteiger charge is -2.37. The van der Waals surface area contributed by atoms with Crippen LogP contribution in [0.25, 0.3) is 0 Å². The van der Waals surface area contributed by atoms with Gasteiger partial charge >= 0.3 is 6.09 Å². The van der Waals surface area contributed by atoms with Crippen molar-refractivity contribution < 1.29 is 14.4 Å². The van der Waals surface area contributed by atoms with Gasteiger partial charge in [0.05, 0.1) is 5.71 Å². The van der Waals surface area contributed by atoms with Gasteiger partial charge in [-0.2, -0.15) is 0 Å². The SMILES string of the molecule is CO/N=C1\CCc2c1cccc2N1CCN(C(=O)OC(C)(C)C)CC1. The molecular weight excluding hydrogens is 318 g/mol. The van der Waals surface area contributed by atoms with E-state index in [9.17, 15) is 4.79 Å². The van der Waals surface area contributed by atoms with E-state index >= 15 is 0 Å². The maximum absolute atomic E-state index is 12.2. The van der Waals surface area contributed by atoms with E-state index in [0.29, 0.717) is 13.1 Å². The molecule has 0 atom stereocenters. The van der Waals surface area contributed by atoms with E-state index in [0.717, 1.165) is 31.6 Å². The van der Waals surface area contributed by atoms with Crippen LogP contribution in [-0.4, -0.2) is 55.6 Å². The Labute approximate surface area is 149 Å². The molecule has 1 heterocycles. The summed E-state index contributed by atoms with van der Waals surface area (Å²) in [5, 5.41) is 4.15. The molecule has 6 heteroatoms. The second kappa shape index (κ2) is 6.94. The van der Waals surface area contributed by atoms with Crippen LogP contribution in [0.2, 0.25) is 0 Å². The Balaban J connectivity index is 1.69. The van der Waals surface area contributed by atoms with Crippen LogP contribution in [0.1, 0.15) is 38.3 Å². The molecule has 1 aliphatic carbocycles. The van der Waals surface area contributed by atoms with Crippen LogP contribution in [-0.2, 0) is 16.0 Å². The molecule has 1 amide bonds. The smallest absolute Gasteiger partial charge is 0.410 e. The third kappa shape index (κ3) is 3.89. The molecule has 0 spiro atoms. The number of ether oxygens (including phenoxy) is 1. The van der Waals surface area contributed by atoms with Crippen LogP contribution in [0.5, 0.6) is 0 Å². The minimum Gasteiger partial charge on any atom is -0.444 e. The molecule has 0 aromatic heterocycles. The quantitative estimate of drug-likeness (QED) is 0.773. The zero-order valence-electron chi connectivity index (χ0n) is 15.5. The van der Waals surface area contributed by atoms with Crippen LogP contribution in [0.15, 0.2) is 23.4 Å². The molecule has 25 heavy (non-hydrogen) atoms. The maximum Gasteiger partial charge on any atom is 0.410 e. The molecule has 1 fully saturated rings. The lowest BCUT2D eigenvalue weighted by molar-refractivity contribution is 0.0240. The van der Waals surface area contributed by atoms with Gasteiger partial charge in [0.2, 0.25) is 0 Å². The summed E-state index contributed by atoms with van der Waals surface area (Å²) in [6, 6.07) is 6.35. The Morgan fingerprint density at radius 1 is 1.12 bits per heavy atom. The molecule has 0 saturated carbocycles. The summed E-state index contributed by atoms with van der Waals surface area (Å²) in [4.78, 5) is 21.3. The molecule has 0 radical (unpaired) electrons. The van der Waals surface area contributed by atoms with Crippen molar-refractivity contribution in [3.63, 3.8) is 0 Å². The van der Waals surface area contributed by atoms with E-state index in [-0.39, 0.29) is 6.09 Å². The third-order valence-corrected chi connectivity index (χ3v) is 4.55. The average molecular weight is 345 g/mol. The molecule has 1 saturated heterocycles. The van der Waals surface area contributed by atoms with Crippen molar-refractivity contribution in [2.75, 3.05) is 38.2 Å². The number of piperazine rings is 1. The number of carbonyl (C=O) groups excluding carboxylic acids is 1. The number of hydrogen-bond donors (Lipinski definition) is 0. The van der Waals surface area contributed by atoms with Crippen molar-refractivity contribution in [1.82, 2.24) is 4.90 Å². The van der Waals surface area contributed by atoms with Crippen molar-refractivity contribution in [3.8, 4) is 0 Å². The molecule has 1 aromatic rings. The summed E-state index contributed by atoms with van der Waals surface area (Å²) in [6.45, 7) is 8.67. The number of fused-ring (bicyclic) bond motifs is 1. The monoisotopic (exact) mass is 345 g/mol. The van der Waals surface area contributed by atoms with E-state index in [1.54, 1.807) is 12.0 Å². The maximum atomic E-state index is 12.2. The predicted octanol–water partition coefficient (Wildman–Crippen LogP) is 3.04. The number of carbonyl (C=O) groups is 1. The molecule has 1 aromatic carbocycles. The fraction of sp³-hybridized carbons (Fsp3) is 0.579. The Bertz CT molecular complexity index is 671. The molecule has 2 aliphatic rings. The summed E-state index contributed by atoms with van der Waals surface area (Å²) in [6.07, 6.45) is 1.68. The Kier molecular flexibility index (Phi) is 4.88. The first-order valence-corrected chi connectivity index (χ1v) is 8.84. The highest BCUT2D eigenvalue weighted by Crippen LogP contribution is 2.32. The van der Waals surface area contributed by atoms with Gasteiger partial charge in [0, 0.05) is 37.4 Å². The minimum absolute atomic E-state index is 0.222. The van der Waals surface area contributed by atoms with Crippen LogP contribution in [0.3, 0.4) is 0 Å². The van der Waals surface area contributed by atoms with E-state index in [1.807, 2.05) is 20.8 Å². The van der Waals surface area contributed by atoms with Crippen molar-refractivity contribution in [2.24, 2.45) is 5.16 Å². The fourth-order valence-electron chi connectivity index (χ4n) is 3.44. The van der Waals surface area contributed by atoms with Gasteiger partial charge < -0.3 is 19.4 Å². The molecule has 0 N–H and O–H groups in total. The zero-order chi connectivity index (χ0) is 18.0.